The Labute approximate surface area is 214 Å². The third-order valence-corrected chi connectivity index (χ3v) is 6.51. The maximum absolute atomic E-state index is 15.2. The Morgan fingerprint density at radius 1 is 1.22 bits per heavy atom. The van der Waals surface area contributed by atoms with Gasteiger partial charge in [0.2, 0.25) is 5.91 Å². The van der Waals surface area contributed by atoms with Gasteiger partial charge < -0.3 is 19.4 Å². The molecule has 4 aromatic rings. The van der Waals surface area contributed by atoms with Gasteiger partial charge in [-0.2, -0.15) is 5.26 Å². The number of anilines is 1. The van der Waals surface area contributed by atoms with Crippen LogP contribution in [0.1, 0.15) is 27.4 Å². The average molecular weight is 522 g/mol. The largest absolute Gasteiger partial charge is 0.497 e. The molecule has 8 nitrogen and oxygen atoms in total. The first-order chi connectivity index (χ1) is 17.8. The molecule has 37 heavy (non-hydrogen) atoms. The van der Waals surface area contributed by atoms with Gasteiger partial charge in [-0.25, -0.2) is 13.8 Å². The molecule has 0 spiro atoms. The van der Waals surface area contributed by atoms with E-state index >= 15 is 8.78 Å². The molecular weight excluding hydrogens is 504 g/mol. The van der Waals surface area contributed by atoms with Gasteiger partial charge in [-0.05, 0) is 30.3 Å². The maximum atomic E-state index is 15.2. The number of halogens is 3. The lowest BCUT2D eigenvalue weighted by molar-refractivity contribution is -0.118. The van der Waals surface area contributed by atoms with Crippen LogP contribution in [0.3, 0.4) is 0 Å². The molecule has 0 bridgehead atoms. The lowest BCUT2D eigenvalue weighted by Gasteiger charge is -2.20. The van der Waals surface area contributed by atoms with E-state index in [1.165, 1.54) is 48.5 Å². The summed E-state index contributed by atoms with van der Waals surface area (Å²) in [6.07, 6.45) is 4.66. The van der Waals surface area contributed by atoms with Gasteiger partial charge in [0.25, 0.3) is 5.91 Å². The highest BCUT2D eigenvalue weighted by Gasteiger charge is 2.46. The van der Waals surface area contributed by atoms with Crippen LogP contribution in [-0.2, 0) is 4.79 Å². The van der Waals surface area contributed by atoms with E-state index in [-0.39, 0.29) is 34.7 Å². The van der Waals surface area contributed by atoms with Gasteiger partial charge in [-0.15, -0.1) is 0 Å². The monoisotopic (exact) mass is 521 g/mol. The Morgan fingerprint density at radius 2 is 1.92 bits per heavy atom. The third kappa shape index (κ3) is 4.34. The van der Waals surface area contributed by atoms with Crippen molar-refractivity contribution >= 4 is 34.7 Å². The van der Waals surface area contributed by atoms with Crippen molar-refractivity contribution in [1.29, 1.82) is 5.26 Å². The standard InChI is InChI=1S/C26H18ClF2N5O3/c1-37-17-9-19(28)22(20(29)10-17)18-13-34(21-8-14(11-30)12-33-7-6-31-24(21)33)26(36)23(18)32-25(35)15-2-4-16(27)5-3-15/h2-10,12,18,23H,13H2,1H3,(H,32,35)/t18-,23-/m0/s1. The molecular formula is C26H18ClF2N5O3. The van der Waals surface area contributed by atoms with E-state index < -0.39 is 35.4 Å². The number of ether oxygens (including phenoxy) is 1. The highest BCUT2D eigenvalue weighted by molar-refractivity contribution is 6.30. The Bertz CT molecular complexity index is 1560. The van der Waals surface area contributed by atoms with Crippen LogP contribution in [0.4, 0.5) is 14.5 Å². The zero-order valence-corrected chi connectivity index (χ0v) is 20.0. The first kappa shape index (κ1) is 24.2. The molecule has 0 radical (unpaired) electrons. The van der Waals surface area contributed by atoms with E-state index in [1.807, 2.05) is 6.07 Å². The van der Waals surface area contributed by atoms with Crippen LogP contribution in [0.2, 0.25) is 5.02 Å². The normalized spacial score (nSPS) is 17.2. The predicted molar refractivity (Wildman–Crippen MR) is 131 cm³/mol. The van der Waals surface area contributed by atoms with Crippen molar-refractivity contribution in [2.45, 2.75) is 12.0 Å². The molecule has 186 valence electrons. The topological polar surface area (TPSA) is 99.7 Å². The second kappa shape index (κ2) is 9.52. The summed E-state index contributed by atoms with van der Waals surface area (Å²) in [5.41, 5.74) is 0.740. The molecule has 2 aromatic heterocycles. The fourth-order valence-corrected chi connectivity index (χ4v) is 4.63. The summed E-state index contributed by atoms with van der Waals surface area (Å²) < 4.78 is 36.9. The molecule has 1 N–H and O–H groups in total. The van der Waals surface area contributed by atoms with Crippen molar-refractivity contribution < 1.29 is 23.1 Å². The zero-order chi connectivity index (χ0) is 26.3. The summed E-state index contributed by atoms with van der Waals surface area (Å²) in [5.74, 6) is -4.19. The van der Waals surface area contributed by atoms with Crippen molar-refractivity contribution in [3.8, 4) is 11.8 Å². The summed E-state index contributed by atoms with van der Waals surface area (Å²) in [7, 11) is 1.28. The molecule has 2 atom stereocenters. The number of nitriles is 1. The van der Waals surface area contributed by atoms with Crippen LogP contribution >= 0.6 is 11.6 Å². The number of nitrogens with one attached hydrogen (secondary N) is 1. The highest BCUT2D eigenvalue weighted by atomic mass is 35.5. The van der Waals surface area contributed by atoms with E-state index in [0.29, 0.717) is 10.7 Å². The SMILES string of the molecule is COc1cc(F)c([C@@H]2CN(c3cc(C#N)cn4ccnc34)C(=O)[C@H]2NC(=O)c2ccc(Cl)cc2)c(F)c1. The van der Waals surface area contributed by atoms with E-state index in [9.17, 15) is 14.9 Å². The number of aromatic nitrogens is 2. The Kier molecular flexibility index (Phi) is 6.23. The molecule has 11 heteroatoms. The lowest BCUT2D eigenvalue weighted by Crippen LogP contribution is -2.44. The average Bonchev–Trinajstić information content (AvgIpc) is 3.48. The number of nitrogens with zero attached hydrogens (tertiary/aromatic N) is 4. The lowest BCUT2D eigenvalue weighted by atomic mass is 9.92. The first-order valence-electron chi connectivity index (χ1n) is 11.1. The number of hydrogen-bond donors (Lipinski definition) is 1. The number of rotatable bonds is 5. The minimum absolute atomic E-state index is 0.0255. The van der Waals surface area contributed by atoms with Crippen molar-refractivity contribution in [2.24, 2.45) is 0 Å². The van der Waals surface area contributed by atoms with Crippen molar-refractivity contribution in [3.05, 3.63) is 94.4 Å². The van der Waals surface area contributed by atoms with Crippen LogP contribution in [0.5, 0.6) is 5.75 Å². The number of benzene rings is 2. The fraction of sp³-hybridized carbons (Fsp3) is 0.154. The summed E-state index contributed by atoms with van der Waals surface area (Å²) in [5, 5.41) is 12.5. The maximum Gasteiger partial charge on any atom is 0.251 e. The number of carbonyl (C=O) groups is 2. The number of fused-ring (bicyclic) bond motifs is 1. The minimum atomic E-state index is -1.32. The molecule has 0 unspecified atom stereocenters. The van der Waals surface area contributed by atoms with E-state index in [2.05, 4.69) is 10.3 Å². The molecule has 2 aromatic carbocycles. The summed E-state index contributed by atoms with van der Waals surface area (Å²) in [6.45, 7) is -0.179. The molecule has 1 aliphatic heterocycles. The summed E-state index contributed by atoms with van der Waals surface area (Å²) in [4.78, 5) is 32.3. The van der Waals surface area contributed by atoms with Crippen LogP contribution in [-0.4, -0.2) is 40.9 Å². The molecule has 1 aliphatic rings. The Balaban J connectivity index is 1.60. The number of imidazole rings is 1. The molecule has 1 saturated heterocycles. The quantitative estimate of drug-likeness (QED) is 0.427. The first-order valence-corrected chi connectivity index (χ1v) is 11.5. The van der Waals surface area contributed by atoms with Gasteiger partial charge in [0, 0.05) is 59.3 Å². The van der Waals surface area contributed by atoms with Crippen molar-refractivity contribution in [1.82, 2.24) is 14.7 Å². The van der Waals surface area contributed by atoms with Crippen LogP contribution in [0, 0.1) is 23.0 Å². The minimum Gasteiger partial charge on any atom is -0.497 e. The van der Waals surface area contributed by atoms with E-state index in [1.54, 1.807) is 16.8 Å². The van der Waals surface area contributed by atoms with Crippen LogP contribution in [0.15, 0.2) is 61.1 Å². The molecule has 0 aliphatic carbocycles. The van der Waals surface area contributed by atoms with Gasteiger partial charge in [0.15, 0.2) is 5.65 Å². The van der Waals surface area contributed by atoms with Gasteiger partial charge in [-0.1, -0.05) is 11.6 Å². The van der Waals surface area contributed by atoms with Gasteiger partial charge in [0.05, 0.1) is 18.4 Å². The van der Waals surface area contributed by atoms with Crippen molar-refractivity contribution in [3.63, 3.8) is 0 Å². The second-order valence-corrected chi connectivity index (χ2v) is 8.84. The van der Waals surface area contributed by atoms with Crippen LogP contribution < -0.4 is 15.0 Å². The predicted octanol–water partition coefficient (Wildman–Crippen LogP) is 4.08. The smallest absolute Gasteiger partial charge is 0.251 e. The summed E-state index contributed by atoms with van der Waals surface area (Å²) in [6, 6.07) is 10.2. The molecule has 1 fully saturated rings. The van der Waals surface area contributed by atoms with Gasteiger partial charge in [0.1, 0.15) is 29.5 Å². The van der Waals surface area contributed by atoms with Gasteiger partial charge in [-0.3, -0.25) is 9.59 Å². The number of amides is 2. The van der Waals surface area contributed by atoms with E-state index in [0.717, 1.165) is 12.1 Å². The highest BCUT2D eigenvalue weighted by Crippen LogP contribution is 2.37. The van der Waals surface area contributed by atoms with Gasteiger partial charge >= 0.3 is 0 Å². The molecule has 2 amide bonds. The molecule has 3 heterocycles. The summed E-state index contributed by atoms with van der Waals surface area (Å²) >= 11 is 5.91. The number of pyridine rings is 1. The fourth-order valence-electron chi connectivity index (χ4n) is 4.50. The zero-order valence-electron chi connectivity index (χ0n) is 19.3. The molecule has 5 rings (SSSR count). The number of hydrogen-bond acceptors (Lipinski definition) is 5. The van der Waals surface area contributed by atoms with Crippen LogP contribution in [0.25, 0.3) is 5.65 Å². The van der Waals surface area contributed by atoms with Crippen molar-refractivity contribution in [2.75, 3.05) is 18.6 Å². The third-order valence-electron chi connectivity index (χ3n) is 6.25. The van der Waals surface area contributed by atoms with E-state index in [4.69, 9.17) is 16.3 Å². The number of carbonyl (C=O) groups excluding carboxylic acids is 2. The molecule has 0 saturated carbocycles. The Morgan fingerprint density at radius 3 is 2.57 bits per heavy atom. The second-order valence-electron chi connectivity index (χ2n) is 8.40. The Hall–Kier alpha value is -4.49. The number of methoxy groups -OCH3 is 1.